The number of ether oxygens (including phenoxy) is 1. The minimum atomic E-state index is -0.373. The van der Waals surface area contributed by atoms with Crippen LogP contribution in [0.2, 0.25) is 0 Å². The van der Waals surface area contributed by atoms with Crippen LogP contribution in [0.4, 0.5) is 15.9 Å². The molecule has 7 nitrogen and oxygen atoms in total. The van der Waals surface area contributed by atoms with Crippen molar-refractivity contribution in [3.63, 3.8) is 0 Å². The Kier molecular flexibility index (Phi) is 6.15. The van der Waals surface area contributed by atoms with E-state index in [-0.39, 0.29) is 30.2 Å². The predicted octanol–water partition coefficient (Wildman–Crippen LogP) is 3.54. The molecule has 1 aliphatic rings. The van der Waals surface area contributed by atoms with E-state index in [0.29, 0.717) is 32.8 Å². The zero-order valence-corrected chi connectivity index (χ0v) is 17.9. The Balaban J connectivity index is 1.52. The van der Waals surface area contributed by atoms with Crippen molar-refractivity contribution in [1.82, 2.24) is 4.98 Å². The summed E-state index contributed by atoms with van der Waals surface area (Å²) in [4.78, 5) is 31.3. The topological polar surface area (TPSA) is 97.5 Å². The van der Waals surface area contributed by atoms with Crippen molar-refractivity contribution in [2.75, 3.05) is 30.4 Å². The largest absolute Gasteiger partial charge is 0.380 e. The van der Waals surface area contributed by atoms with Crippen molar-refractivity contribution in [2.45, 2.75) is 19.4 Å². The number of piperidine rings is 1. The maximum Gasteiger partial charge on any atom is 0.266 e. The highest BCUT2D eigenvalue weighted by Gasteiger charge is 2.25. The lowest BCUT2D eigenvalue weighted by atomic mass is 9.97. The molecule has 4 rings (SSSR count). The Morgan fingerprint density at radius 1 is 1.35 bits per heavy atom. The molecule has 1 saturated heterocycles. The third-order valence-corrected chi connectivity index (χ3v) is 6.61. The second kappa shape index (κ2) is 8.99. The van der Waals surface area contributed by atoms with Crippen LogP contribution in [-0.4, -0.2) is 37.0 Å². The number of methoxy groups -OCH3 is 1. The predicted molar refractivity (Wildman–Crippen MR) is 119 cm³/mol. The number of hydrogen-bond donors (Lipinski definition) is 2. The third-order valence-electron chi connectivity index (χ3n) is 5.41. The molecule has 162 valence electrons. The van der Waals surface area contributed by atoms with Gasteiger partial charge >= 0.3 is 0 Å². The number of pyridine rings is 1. The number of nitrogens with two attached hydrogens (primary N) is 1. The van der Waals surface area contributed by atoms with Gasteiger partial charge in [-0.25, -0.2) is 9.37 Å². The maximum atomic E-state index is 14.3. The summed E-state index contributed by atoms with van der Waals surface area (Å²) < 4.78 is 20.3. The fourth-order valence-corrected chi connectivity index (χ4v) is 5.00. The average molecular weight is 443 g/mol. The van der Waals surface area contributed by atoms with Gasteiger partial charge in [-0.2, -0.15) is 0 Å². The van der Waals surface area contributed by atoms with Gasteiger partial charge in [0, 0.05) is 35.8 Å². The second-order valence-electron chi connectivity index (χ2n) is 7.50. The molecule has 0 spiro atoms. The van der Waals surface area contributed by atoms with Crippen molar-refractivity contribution in [3.05, 3.63) is 52.8 Å². The van der Waals surface area contributed by atoms with Gasteiger partial charge in [0.25, 0.3) is 5.91 Å². The number of hydrogen-bond acceptors (Lipinski definition) is 6. The van der Waals surface area contributed by atoms with Crippen LogP contribution in [0.1, 0.15) is 28.1 Å². The van der Waals surface area contributed by atoms with Gasteiger partial charge in [-0.15, -0.1) is 11.3 Å². The number of nitrogens with zero attached hydrogens (tertiary/aromatic N) is 2. The molecule has 3 aromatic rings. The Morgan fingerprint density at radius 3 is 2.90 bits per heavy atom. The molecule has 2 amide bonds. The number of thiophene rings is 1. The number of aromatic nitrogens is 1. The van der Waals surface area contributed by atoms with Gasteiger partial charge in [0.2, 0.25) is 5.91 Å². The molecular weight excluding hydrogens is 419 g/mol. The van der Waals surface area contributed by atoms with E-state index in [1.165, 1.54) is 24.5 Å². The maximum absolute atomic E-state index is 14.3. The van der Waals surface area contributed by atoms with Gasteiger partial charge in [0.1, 0.15) is 11.6 Å². The fourth-order valence-electron chi connectivity index (χ4n) is 3.89. The van der Waals surface area contributed by atoms with Crippen molar-refractivity contribution in [1.29, 1.82) is 0 Å². The van der Waals surface area contributed by atoms with Crippen LogP contribution in [0.5, 0.6) is 0 Å². The lowest BCUT2D eigenvalue weighted by molar-refractivity contribution is -0.122. The summed E-state index contributed by atoms with van der Waals surface area (Å²) >= 11 is 1.23. The number of carbonyl (C=O) groups excluding carboxylic acids is 2. The molecule has 9 heteroatoms. The van der Waals surface area contributed by atoms with Crippen LogP contribution < -0.4 is 16.0 Å². The van der Waals surface area contributed by atoms with Crippen molar-refractivity contribution < 1.29 is 18.7 Å². The van der Waals surface area contributed by atoms with E-state index in [1.54, 1.807) is 30.5 Å². The molecule has 3 N–H and O–H groups in total. The molecule has 0 bridgehead atoms. The Hall–Kier alpha value is -3.04. The lowest BCUT2D eigenvalue weighted by Crippen LogP contribution is -2.41. The van der Waals surface area contributed by atoms with Gasteiger partial charge in [0.15, 0.2) is 0 Å². The number of nitrogens with one attached hydrogen (secondary N) is 1. The summed E-state index contributed by atoms with van der Waals surface area (Å²) in [5.41, 5.74) is 6.51. The highest BCUT2D eigenvalue weighted by atomic mass is 32.1. The van der Waals surface area contributed by atoms with E-state index in [0.717, 1.165) is 25.2 Å². The monoisotopic (exact) mass is 442 g/mol. The minimum absolute atomic E-state index is 0.136. The van der Waals surface area contributed by atoms with Gasteiger partial charge in [0.05, 0.1) is 29.3 Å². The number of fused-ring (bicyclic) bond motifs is 1. The first-order chi connectivity index (χ1) is 15.0. The van der Waals surface area contributed by atoms with E-state index in [1.807, 2.05) is 4.90 Å². The number of carbonyl (C=O) groups is 2. The zero-order valence-electron chi connectivity index (χ0n) is 17.1. The molecule has 3 heterocycles. The quantitative estimate of drug-likeness (QED) is 0.609. The lowest BCUT2D eigenvalue weighted by Gasteiger charge is -2.32. The van der Waals surface area contributed by atoms with E-state index >= 15 is 0 Å². The standard InChI is InChI=1S/C22H23FN4O3S/c1-30-12-15-19-16(23)5-2-6-17(19)31-20(15)22(29)26-14-7-8-18(25-10-14)27-9-3-4-13(11-27)21(24)28/h2,5-8,10,13H,3-4,9,11-12H2,1H3,(H2,24,28)(H,26,29). The first kappa shape index (κ1) is 21.2. The van der Waals surface area contributed by atoms with Crippen molar-refractivity contribution in [3.8, 4) is 0 Å². The molecule has 0 radical (unpaired) electrons. The molecule has 0 aliphatic carbocycles. The molecule has 1 aliphatic heterocycles. The van der Waals surface area contributed by atoms with Crippen LogP contribution in [0.25, 0.3) is 10.1 Å². The molecule has 1 aromatic carbocycles. The van der Waals surface area contributed by atoms with Crippen molar-refractivity contribution in [2.24, 2.45) is 11.7 Å². The molecule has 0 saturated carbocycles. The Morgan fingerprint density at radius 2 is 2.19 bits per heavy atom. The summed E-state index contributed by atoms with van der Waals surface area (Å²) in [7, 11) is 1.51. The SMILES string of the molecule is COCc1c(C(=O)Nc2ccc(N3CCCC(C(N)=O)C3)nc2)sc2cccc(F)c12. The van der Waals surface area contributed by atoms with Crippen LogP contribution in [-0.2, 0) is 16.1 Å². The Labute approximate surface area is 183 Å². The van der Waals surface area contributed by atoms with Gasteiger partial charge in [-0.05, 0) is 37.1 Å². The first-order valence-corrected chi connectivity index (χ1v) is 10.8. The summed E-state index contributed by atoms with van der Waals surface area (Å²) in [6.45, 7) is 1.48. The van der Waals surface area contributed by atoms with Gasteiger partial charge in [-0.3, -0.25) is 9.59 Å². The Bertz CT molecular complexity index is 1120. The van der Waals surface area contributed by atoms with Gasteiger partial charge in [-0.1, -0.05) is 6.07 Å². The zero-order chi connectivity index (χ0) is 22.0. The summed E-state index contributed by atoms with van der Waals surface area (Å²) in [5.74, 6) is -0.453. The fraction of sp³-hybridized carbons (Fsp3) is 0.318. The minimum Gasteiger partial charge on any atom is -0.380 e. The highest BCUT2D eigenvalue weighted by molar-refractivity contribution is 7.21. The van der Waals surface area contributed by atoms with Crippen LogP contribution in [0.15, 0.2) is 36.5 Å². The molecule has 1 fully saturated rings. The smallest absolute Gasteiger partial charge is 0.266 e. The first-order valence-electron chi connectivity index (χ1n) is 9.98. The van der Waals surface area contributed by atoms with E-state index in [4.69, 9.17) is 10.5 Å². The second-order valence-corrected chi connectivity index (χ2v) is 8.55. The van der Waals surface area contributed by atoms with Crippen LogP contribution >= 0.6 is 11.3 Å². The number of benzene rings is 1. The number of primary amides is 1. The number of anilines is 2. The van der Waals surface area contributed by atoms with Crippen molar-refractivity contribution >= 4 is 44.7 Å². The molecule has 1 atom stereocenters. The third kappa shape index (κ3) is 4.38. The number of halogens is 1. The van der Waals surface area contributed by atoms with Crippen LogP contribution in [0.3, 0.4) is 0 Å². The number of rotatable bonds is 6. The average Bonchev–Trinajstić information content (AvgIpc) is 3.14. The summed E-state index contributed by atoms with van der Waals surface area (Å²) in [6.07, 6.45) is 3.24. The molecule has 31 heavy (non-hydrogen) atoms. The van der Waals surface area contributed by atoms with Crippen LogP contribution in [0, 0.1) is 11.7 Å². The molecular formula is C22H23FN4O3S. The number of amides is 2. The molecule has 1 unspecified atom stereocenters. The van der Waals surface area contributed by atoms with E-state index < -0.39 is 0 Å². The summed E-state index contributed by atoms with van der Waals surface area (Å²) in [6, 6.07) is 8.35. The normalized spacial score (nSPS) is 16.5. The van der Waals surface area contributed by atoms with E-state index in [9.17, 15) is 14.0 Å². The highest BCUT2D eigenvalue weighted by Crippen LogP contribution is 2.34. The summed E-state index contributed by atoms with van der Waals surface area (Å²) in [5, 5.41) is 3.25. The van der Waals surface area contributed by atoms with E-state index in [2.05, 4.69) is 10.3 Å². The van der Waals surface area contributed by atoms with Gasteiger partial charge < -0.3 is 20.7 Å². The molecule has 2 aromatic heterocycles.